The molecule has 0 heterocycles. The van der Waals surface area contributed by atoms with Gasteiger partial charge in [0.15, 0.2) is 6.61 Å². The zero-order chi connectivity index (χ0) is 21.4. The summed E-state index contributed by atoms with van der Waals surface area (Å²) in [5, 5.41) is 3.45. The van der Waals surface area contributed by atoms with Crippen LogP contribution in [0.5, 0.6) is 5.75 Å². The number of nitrogens with one attached hydrogen (secondary N) is 1. The second-order valence-electron chi connectivity index (χ2n) is 7.34. The maximum atomic E-state index is 13.1. The average Bonchev–Trinajstić information content (AvgIpc) is 2.67. The highest BCUT2D eigenvalue weighted by Gasteiger charge is 2.29. The zero-order valence-electron chi connectivity index (χ0n) is 17.4. The normalized spacial score (nSPS) is 11.8. The molecule has 2 amide bonds. The molecule has 0 fully saturated rings. The number of hydrogen-bond donors (Lipinski definition) is 1. The number of ether oxygens (including phenoxy) is 1. The van der Waals surface area contributed by atoms with Crippen molar-refractivity contribution >= 4 is 23.4 Å². The van der Waals surface area contributed by atoms with Gasteiger partial charge in [0.25, 0.3) is 5.91 Å². The lowest BCUT2D eigenvalue weighted by Gasteiger charge is -2.31. The molecule has 1 N–H and O–H groups in total. The van der Waals surface area contributed by atoms with Crippen LogP contribution in [-0.4, -0.2) is 35.4 Å². The standard InChI is InChI=1S/C23H29ClN2O3/c1-5-21(23(28)25-16(2)3)26(14-18-11-9-17(4)10-12-18)22(27)15-29-20-8-6-7-19(24)13-20/h6-13,16,21H,5,14-15H2,1-4H3,(H,25,28)/t21-/m0/s1. The van der Waals surface area contributed by atoms with E-state index >= 15 is 0 Å². The number of halogens is 1. The van der Waals surface area contributed by atoms with Crippen molar-refractivity contribution in [2.75, 3.05) is 6.61 Å². The summed E-state index contributed by atoms with van der Waals surface area (Å²) in [6.45, 7) is 7.88. The molecule has 0 saturated carbocycles. The van der Waals surface area contributed by atoms with Crippen LogP contribution in [0.4, 0.5) is 0 Å². The van der Waals surface area contributed by atoms with Gasteiger partial charge in [0.1, 0.15) is 11.8 Å². The predicted molar refractivity (Wildman–Crippen MR) is 116 cm³/mol. The summed E-state index contributed by atoms with van der Waals surface area (Å²) in [7, 11) is 0. The minimum atomic E-state index is -0.575. The van der Waals surface area contributed by atoms with Gasteiger partial charge >= 0.3 is 0 Å². The second-order valence-corrected chi connectivity index (χ2v) is 7.78. The van der Waals surface area contributed by atoms with E-state index in [0.29, 0.717) is 23.7 Å². The van der Waals surface area contributed by atoms with E-state index in [4.69, 9.17) is 16.3 Å². The van der Waals surface area contributed by atoms with E-state index in [9.17, 15) is 9.59 Å². The highest BCUT2D eigenvalue weighted by molar-refractivity contribution is 6.30. The van der Waals surface area contributed by atoms with E-state index < -0.39 is 6.04 Å². The molecule has 0 spiro atoms. The minimum absolute atomic E-state index is 0.00409. The maximum Gasteiger partial charge on any atom is 0.261 e. The molecular formula is C23H29ClN2O3. The Kier molecular flexibility index (Phi) is 8.52. The largest absolute Gasteiger partial charge is 0.484 e. The van der Waals surface area contributed by atoms with Crippen LogP contribution in [-0.2, 0) is 16.1 Å². The van der Waals surface area contributed by atoms with Crippen molar-refractivity contribution in [3.63, 3.8) is 0 Å². The van der Waals surface area contributed by atoms with Gasteiger partial charge in [-0.05, 0) is 51.0 Å². The molecule has 0 saturated heterocycles. The Hall–Kier alpha value is -2.53. The summed E-state index contributed by atoms with van der Waals surface area (Å²) >= 11 is 5.98. The fraction of sp³-hybridized carbons (Fsp3) is 0.391. The summed E-state index contributed by atoms with van der Waals surface area (Å²) in [6, 6.07) is 14.3. The van der Waals surface area contributed by atoms with Crippen molar-refractivity contribution in [2.45, 2.75) is 52.7 Å². The number of carbonyl (C=O) groups excluding carboxylic acids is 2. The van der Waals surface area contributed by atoms with Crippen molar-refractivity contribution in [1.29, 1.82) is 0 Å². The molecule has 2 aromatic carbocycles. The van der Waals surface area contributed by atoms with Crippen LogP contribution in [0.1, 0.15) is 38.3 Å². The minimum Gasteiger partial charge on any atom is -0.484 e. The molecule has 0 aromatic heterocycles. The Labute approximate surface area is 178 Å². The molecule has 1 atom stereocenters. The van der Waals surface area contributed by atoms with Gasteiger partial charge < -0.3 is 15.0 Å². The van der Waals surface area contributed by atoms with Gasteiger partial charge in [-0.1, -0.05) is 54.4 Å². The fourth-order valence-corrected chi connectivity index (χ4v) is 3.16. The van der Waals surface area contributed by atoms with Crippen LogP contribution in [0.2, 0.25) is 5.02 Å². The fourth-order valence-electron chi connectivity index (χ4n) is 2.98. The Morgan fingerprint density at radius 1 is 1.14 bits per heavy atom. The monoisotopic (exact) mass is 416 g/mol. The highest BCUT2D eigenvalue weighted by atomic mass is 35.5. The van der Waals surface area contributed by atoms with Crippen molar-refractivity contribution in [2.24, 2.45) is 0 Å². The first-order valence-corrected chi connectivity index (χ1v) is 10.2. The smallest absolute Gasteiger partial charge is 0.261 e. The number of hydrogen-bond acceptors (Lipinski definition) is 3. The molecule has 0 aliphatic heterocycles. The number of rotatable bonds is 9. The van der Waals surface area contributed by atoms with E-state index in [1.807, 2.05) is 52.0 Å². The van der Waals surface area contributed by atoms with Gasteiger partial charge in [-0.2, -0.15) is 0 Å². The lowest BCUT2D eigenvalue weighted by molar-refractivity contribution is -0.143. The molecule has 0 unspecified atom stereocenters. The van der Waals surface area contributed by atoms with Crippen LogP contribution in [0.15, 0.2) is 48.5 Å². The van der Waals surface area contributed by atoms with E-state index in [0.717, 1.165) is 11.1 Å². The van der Waals surface area contributed by atoms with Crippen LogP contribution in [0.3, 0.4) is 0 Å². The quantitative estimate of drug-likeness (QED) is 0.660. The van der Waals surface area contributed by atoms with Crippen LogP contribution in [0.25, 0.3) is 0 Å². The number of aryl methyl sites for hydroxylation is 1. The number of carbonyl (C=O) groups is 2. The Bertz CT molecular complexity index is 821. The summed E-state index contributed by atoms with van der Waals surface area (Å²) in [5.41, 5.74) is 2.10. The zero-order valence-corrected chi connectivity index (χ0v) is 18.2. The summed E-state index contributed by atoms with van der Waals surface area (Å²) < 4.78 is 5.63. The lowest BCUT2D eigenvalue weighted by Crippen LogP contribution is -2.51. The van der Waals surface area contributed by atoms with Crippen LogP contribution < -0.4 is 10.1 Å². The highest BCUT2D eigenvalue weighted by Crippen LogP contribution is 2.18. The predicted octanol–water partition coefficient (Wildman–Crippen LogP) is 4.36. The summed E-state index contributed by atoms with van der Waals surface area (Å²) in [4.78, 5) is 27.4. The van der Waals surface area contributed by atoms with E-state index in [1.165, 1.54) is 0 Å². The van der Waals surface area contributed by atoms with Gasteiger partial charge in [-0.25, -0.2) is 0 Å². The van der Waals surface area contributed by atoms with E-state index in [1.54, 1.807) is 29.2 Å². The summed E-state index contributed by atoms with van der Waals surface area (Å²) in [5.74, 6) is 0.0999. The van der Waals surface area contributed by atoms with Gasteiger partial charge in [0, 0.05) is 17.6 Å². The van der Waals surface area contributed by atoms with Crippen molar-refractivity contribution in [1.82, 2.24) is 10.2 Å². The molecule has 29 heavy (non-hydrogen) atoms. The van der Waals surface area contributed by atoms with E-state index in [-0.39, 0.29) is 24.5 Å². The van der Waals surface area contributed by atoms with Gasteiger partial charge in [0.05, 0.1) is 0 Å². The van der Waals surface area contributed by atoms with Gasteiger partial charge in [-0.3, -0.25) is 9.59 Å². The molecular weight excluding hydrogens is 388 g/mol. The lowest BCUT2D eigenvalue weighted by atomic mass is 10.1. The van der Waals surface area contributed by atoms with Crippen molar-refractivity contribution in [3.05, 3.63) is 64.7 Å². The van der Waals surface area contributed by atoms with Gasteiger partial charge in [0.2, 0.25) is 5.91 Å². The van der Waals surface area contributed by atoms with Crippen molar-refractivity contribution in [3.8, 4) is 5.75 Å². The third kappa shape index (κ3) is 7.09. The number of nitrogens with zero attached hydrogens (tertiary/aromatic N) is 1. The Morgan fingerprint density at radius 2 is 1.83 bits per heavy atom. The molecule has 0 bridgehead atoms. The number of amides is 2. The first-order chi connectivity index (χ1) is 13.8. The molecule has 0 aliphatic carbocycles. The van der Waals surface area contributed by atoms with E-state index in [2.05, 4.69) is 5.32 Å². The molecule has 156 valence electrons. The molecule has 5 nitrogen and oxygen atoms in total. The number of benzene rings is 2. The van der Waals surface area contributed by atoms with Crippen molar-refractivity contribution < 1.29 is 14.3 Å². The van der Waals surface area contributed by atoms with Crippen LogP contribution in [0, 0.1) is 6.92 Å². The molecule has 2 rings (SSSR count). The SMILES string of the molecule is CC[C@@H](C(=O)NC(C)C)N(Cc1ccc(C)cc1)C(=O)COc1cccc(Cl)c1. The first kappa shape index (κ1) is 22.8. The van der Waals surface area contributed by atoms with Crippen LogP contribution >= 0.6 is 11.6 Å². The third-order valence-corrected chi connectivity index (χ3v) is 4.68. The first-order valence-electron chi connectivity index (χ1n) is 9.84. The van der Waals surface area contributed by atoms with Gasteiger partial charge in [-0.15, -0.1) is 0 Å². The maximum absolute atomic E-state index is 13.1. The molecule has 0 radical (unpaired) electrons. The molecule has 0 aliphatic rings. The molecule has 6 heteroatoms. The second kappa shape index (κ2) is 10.9. The Balaban J connectivity index is 2.20. The third-order valence-electron chi connectivity index (χ3n) is 4.45. The average molecular weight is 417 g/mol. The Morgan fingerprint density at radius 3 is 2.41 bits per heavy atom. The topological polar surface area (TPSA) is 58.6 Å². The molecule has 2 aromatic rings. The summed E-state index contributed by atoms with van der Waals surface area (Å²) in [6.07, 6.45) is 0.507.